The van der Waals surface area contributed by atoms with Crippen molar-refractivity contribution in [2.75, 3.05) is 32.9 Å². The van der Waals surface area contributed by atoms with E-state index in [2.05, 4.69) is 11.4 Å². The Labute approximate surface area is 144 Å². The number of ether oxygens (including phenoxy) is 2. The number of hydrogen-bond donors (Lipinski definition) is 1. The van der Waals surface area contributed by atoms with Gasteiger partial charge in [0.15, 0.2) is 0 Å². The van der Waals surface area contributed by atoms with E-state index in [1.54, 1.807) is 0 Å². The standard InChI is InChI=1S/C19H28N2O3/c1-3-24-17-5-4-16(12-15(17)2)13-20-18(22)21-9-6-19(14-21)7-10-23-11-8-19/h4-5,12H,3,6-11,13-14H2,1-2H3,(H,20,22). The predicted molar refractivity (Wildman–Crippen MR) is 93.3 cm³/mol. The summed E-state index contributed by atoms with van der Waals surface area (Å²) in [5.41, 5.74) is 2.50. The molecule has 1 N–H and O–H groups in total. The molecule has 2 saturated heterocycles. The minimum Gasteiger partial charge on any atom is -0.494 e. The Kier molecular flexibility index (Phi) is 5.29. The van der Waals surface area contributed by atoms with Gasteiger partial charge < -0.3 is 19.7 Å². The summed E-state index contributed by atoms with van der Waals surface area (Å²) in [6, 6.07) is 6.12. The molecular weight excluding hydrogens is 304 g/mol. The number of carbonyl (C=O) groups excluding carboxylic acids is 1. The molecule has 0 bridgehead atoms. The molecular formula is C19H28N2O3. The second-order valence-corrected chi connectivity index (χ2v) is 6.98. The number of benzene rings is 1. The maximum atomic E-state index is 12.5. The maximum Gasteiger partial charge on any atom is 0.317 e. The second-order valence-electron chi connectivity index (χ2n) is 6.98. The first-order valence-corrected chi connectivity index (χ1v) is 8.95. The molecule has 1 spiro atoms. The molecule has 1 aromatic carbocycles. The minimum absolute atomic E-state index is 0.0462. The zero-order valence-corrected chi connectivity index (χ0v) is 14.8. The van der Waals surface area contributed by atoms with Crippen molar-refractivity contribution in [3.05, 3.63) is 29.3 Å². The summed E-state index contributed by atoms with van der Waals surface area (Å²) in [6.07, 6.45) is 3.26. The van der Waals surface area contributed by atoms with E-state index in [1.807, 2.05) is 30.9 Å². The highest BCUT2D eigenvalue weighted by atomic mass is 16.5. The van der Waals surface area contributed by atoms with Gasteiger partial charge in [-0.15, -0.1) is 0 Å². The van der Waals surface area contributed by atoms with E-state index >= 15 is 0 Å². The average molecular weight is 332 g/mol. The van der Waals surface area contributed by atoms with Gasteiger partial charge in [0, 0.05) is 32.8 Å². The van der Waals surface area contributed by atoms with Crippen LogP contribution in [0.25, 0.3) is 0 Å². The van der Waals surface area contributed by atoms with Crippen LogP contribution < -0.4 is 10.1 Å². The third-order valence-electron chi connectivity index (χ3n) is 5.26. The lowest BCUT2D eigenvalue weighted by Gasteiger charge is -2.33. The normalized spacial score (nSPS) is 19.5. The number of amides is 2. The molecule has 2 aliphatic rings. The van der Waals surface area contributed by atoms with Crippen LogP contribution in [0.4, 0.5) is 4.79 Å². The third kappa shape index (κ3) is 3.83. The van der Waals surface area contributed by atoms with Crippen LogP contribution in [0.5, 0.6) is 5.75 Å². The monoisotopic (exact) mass is 332 g/mol. The molecule has 3 rings (SSSR count). The summed E-state index contributed by atoms with van der Waals surface area (Å²) in [5.74, 6) is 0.911. The van der Waals surface area contributed by atoms with Crippen molar-refractivity contribution >= 4 is 6.03 Å². The van der Waals surface area contributed by atoms with Crippen LogP contribution in [-0.4, -0.2) is 43.8 Å². The highest BCUT2D eigenvalue weighted by Gasteiger charge is 2.40. The molecule has 0 aromatic heterocycles. The Balaban J connectivity index is 1.51. The Bertz CT molecular complexity index is 582. The Morgan fingerprint density at radius 3 is 2.83 bits per heavy atom. The largest absolute Gasteiger partial charge is 0.494 e. The summed E-state index contributed by atoms with van der Waals surface area (Å²) in [7, 11) is 0. The second kappa shape index (κ2) is 7.43. The van der Waals surface area contributed by atoms with E-state index in [1.165, 1.54) is 0 Å². The van der Waals surface area contributed by atoms with Crippen molar-refractivity contribution < 1.29 is 14.3 Å². The van der Waals surface area contributed by atoms with Gasteiger partial charge in [0.1, 0.15) is 5.75 Å². The molecule has 0 unspecified atom stereocenters. The first kappa shape index (κ1) is 17.1. The number of carbonyl (C=O) groups is 1. The van der Waals surface area contributed by atoms with Crippen LogP contribution >= 0.6 is 0 Å². The number of likely N-dealkylation sites (tertiary alicyclic amines) is 1. The van der Waals surface area contributed by atoms with E-state index < -0.39 is 0 Å². The fourth-order valence-corrected chi connectivity index (χ4v) is 3.75. The van der Waals surface area contributed by atoms with Crippen molar-refractivity contribution in [3.8, 4) is 5.75 Å². The van der Waals surface area contributed by atoms with Crippen molar-refractivity contribution in [1.82, 2.24) is 10.2 Å². The van der Waals surface area contributed by atoms with Gasteiger partial charge in [-0.2, -0.15) is 0 Å². The summed E-state index contributed by atoms with van der Waals surface area (Å²) >= 11 is 0. The van der Waals surface area contributed by atoms with Crippen molar-refractivity contribution in [2.45, 2.75) is 39.7 Å². The van der Waals surface area contributed by atoms with Gasteiger partial charge in [0.2, 0.25) is 0 Å². The summed E-state index contributed by atoms with van der Waals surface area (Å²) in [4.78, 5) is 14.4. The van der Waals surface area contributed by atoms with E-state index in [4.69, 9.17) is 9.47 Å². The highest BCUT2D eigenvalue weighted by molar-refractivity contribution is 5.74. The molecule has 132 valence electrons. The van der Waals surface area contributed by atoms with Crippen molar-refractivity contribution in [2.24, 2.45) is 5.41 Å². The molecule has 0 aliphatic carbocycles. The topological polar surface area (TPSA) is 50.8 Å². The van der Waals surface area contributed by atoms with Crippen LogP contribution in [0, 0.1) is 12.3 Å². The van der Waals surface area contributed by atoms with E-state index in [9.17, 15) is 4.79 Å². The first-order chi connectivity index (χ1) is 11.6. The molecule has 2 amide bonds. The van der Waals surface area contributed by atoms with Gasteiger partial charge in [-0.25, -0.2) is 4.79 Å². The predicted octanol–water partition coefficient (Wildman–Crippen LogP) is 3.11. The maximum absolute atomic E-state index is 12.5. The van der Waals surface area contributed by atoms with Gasteiger partial charge >= 0.3 is 6.03 Å². The number of rotatable bonds is 4. The lowest BCUT2D eigenvalue weighted by atomic mass is 9.80. The molecule has 1 aromatic rings. The highest BCUT2D eigenvalue weighted by Crippen LogP contribution is 2.39. The Morgan fingerprint density at radius 1 is 1.33 bits per heavy atom. The van der Waals surface area contributed by atoms with Crippen LogP contribution in [0.15, 0.2) is 18.2 Å². The molecule has 2 heterocycles. The molecule has 0 saturated carbocycles. The van der Waals surface area contributed by atoms with Crippen molar-refractivity contribution in [3.63, 3.8) is 0 Å². The summed E-state index contributed by atoms with van der Waals surface area (Å²) < 4.78 is 11.0. The van der Waals surface area contributed by atoms with E-state index in [0.717, 1.165) is 62.4 Å². The fraction of sp³-hybridized carbons (Fsp3) is 0.632. The van der Waals surface area contributed by atoms with Gasteiger partial charge in [-0.3, -0.25) is 0 Å². The van der Waals surface area contributed by atoms with Gasteiger partial charge in [0.25, 0.3) is 0 Å². The summed E-state index contributed by atoms with van der Waals surface area (Å²) in [5, 5.41) is 3.06. The van der Waals surface area contributed by atoms with Crippen LogP contribution in [0.2, 0.25) is 0 Å². The summed E-state index contributed by atoms with van der Waals surface area (Å²) in [6.45, 7) is 8.62. The minimum atomic E-state index is 0.0462. The lowest BCUT2D eigenvalue weighted by molar-refractivity contribution is 0.0208. The first-order valence-electron chi connectivity index (χ1n) is 8.95. The number of nitrogens with zero attached hydrogens (tertiary/aromatic N) is 1. The quantitative estimate of drug-likeness (QED) is 0.922. The molecule has 24 heavy (non-hydrogen) atoms. The lowest BCUT2D eigenvalue weighted by Crippen LogP contribution is -2.40. The number of aryl methyl sites for hydroxylation is 1. The molecule has 5 nitrogen and oxygen atoms in total. The van der Waals surface area contributed by atoms with Crippen molar-refractivity contribution in [1.29, 1.82) is 0 Å². The Hall–Kier alpha value is -1.75. The SMILES string of the molecule is CCOc1ccc(CNC(=O)N2CCC3(CCOCC3)C2)cc1C. The number of urea groups is 1. The van der Waals surface area contributed by atoms with Gasteiger partial charge in [-0.1, -0.05) is 12.1 Å². The van der Waals surface area contributed by atoms with E-state index in [0.29, 0.717) is 18.6 Å². The zero-order chi connectivity index (χ0) is 17.0. The molecule has 2 fully saturated rings. The van der Waals surface area contributed by atoms with E-state index in [-0.39, 0.29) is 6.03 Å². The third-order valence-corrected chi connectivity index (χ3v) is 5.26. The van der Waals surface area contributed by atoms with Crippen LogP contribution in [0.1, 0.15) is 37.3 Å². The van der Waals surface area contributed by atoms with Gasteiger partial charge in [-0.05, 0) is 55.7 Å². The molecule has 0 atom stereocenters. The molecule has 5 heteroatoms. The Morgan fingerprint density at radius 2 is 2.12 bits per heavy atom. The zero-order valence-electron chi connectivity index (χ0n) is 14.8. The number of hydrogen-bond acceptors (Lipinski definition) is 3. The molecule has 2 aliphatic heterocycles. The number of nitrogens with one attached hydrogen (secondary N) is 1. The molecule has 0 radical (unpaired) electrons. The smallest absolute Gasteiger partial charge is 0.317 e. The van der Waals surface area contributed by atoms with Gasteiger partial charge in [0.05, 0.1) is 6.61 Å². The van der Waals surface area contributed by atoms with Crippen LogP contribution in [0.3, 0.4) is 0 Å². The fourth-order valence-electron chi connectivity index (χ4n) is 3.75. The average Bonchev–Trinajstić information content (AvgIpc) is 2.99. The van der Waals surface area contributed by atoms with Crippen LogP contribution in [-0.2, 0) is 11.3 Å².